The fourth-order valence-electron chi connectivity index (χ4n) is 3.20. The molecule has 1 aliphatic rings. The molecule has 1 aliphatic heterocycles. The lowest BCUT2D eigenvalue weighted by Gasteiger charge is -2.35. The normalized spacial score (nSPS) is 16.1. The van der Waals surface area contributed by atoms with Crippen LogP contribution in [0.25, 0.3) is 0 Å². The summed E-state index contributed by atoms with van der Waals surface area (Å²) in [4.78, 5) is 2.62. The minimum atomic E-state index is -3.49. The lowest BCUT2D eigenvalue weighted by molar-refractivity contribution is 0.384. The Labute approximate surface area is 165 Å². The monoisotopic (exact) mass is 436 g/mol. The molecule has 0 bridgehead atoms. The molecule has 3 rings (SSSR count). The Kier molecular flexibility index (Phi) is 5.47. The minimum absolute atomic E-state index is 0.361. The van der Waals surface area contributed by atoms with Crippen molar-refractivity contribution in [3.05, 3.63) is 57.1 Å². The van der Waals surface area contributed by atoms with Gasteiger partial charge in [-0.2, -0.15) is 4.31 Å². The van der Waals surface area contributed by atoms with Gasteiger partial charge in [-0.1, -0.05) is 6.07 Å². The number of anilines is 1. The Hall–Kier alpha value is -1.37. The van der Waals surface area contributed by atoms with E-state index in [2.05, 4.69) is 52.9 Å². The van der Waals surface area contributed by atoms with E-state index in [9.17, 15) is 8.42 Å². The second kappa shape index (κ2) is 7.33. The number of piperazine rings is 1. The van der Waals surface area contributed by atoms with Crippen LogP contribution in [0.2, 0.25) is 0 Å². The third-order valence-electron chi connectivity index (χ3n) is 5.26. The fourth-order valence-corrected chi connectivity index (χ4v) is 5.82. The Bertz CT molecular complexity index is 933. The van der Waals surface area contributed by atoms with Crippen LogP contribution >= 0.6 is 15.9 Å². The van der Waals surface area contributed by atoms with Gasteiger partial charge in [0.1, 0.15) is 0 Å². The number of nitrogens with zero attached hydrogens (tertiary/aromatic N) is 2. The molecule has 2 aromatic carbocycles. The molecule has 1 heterocycles. The van der Waals surface area contributed by atoms with Crippen LogP contribution in [0.15, 0.2) is 39.7 Å². The maximum atomic E-state index is 13.1. The molecule has 0 aromatic heterocycles. The van der Waals surface area contributed by atoms with E-state index in [0.29, 0.717) is 35.5 Å². The van der Waals surface area contributed by atoms with Gasteiger partial charge in [-0.3, -0.25) is 0 Å². The van der Waals surface area contributed by atoms with Crippen LogP contribution < -0.4 is 4.90 Å². The second-order valence-electron chi connectivity index (χ2n) is 7.03. The van der Waals surface area contributed by atoms with Crippen molar-refractivity contribution in [3.8, 4) is 0 Å². The van der Waals surface area contributed by atoms with Gasteiger partial charge in [-0.15, -0.1) is 0 Å². The summed E-state index contributed by atoms with van der Waals surface area (Å²) in [5.74, 6) is 0. The SMILES string of the molecule is Cc1ccc(N2CCN(S(=O)(=O)c3cc(C)c(C)cc3Br)CC2)cc1C. The standard InChI is InChI=1S/C20H25BrN2O2S/c1-14-5-6-18(11-15(14)2)22-7-9-23(10-8-22)26(24,25)20-13-17(4)16(3)12-19(20)21/h5-6,11-13H,7-10H2,1-4H3. The van der Waals surface area contributed by atoms with Crippen molar-refractivity contribution in [1.29, 1.82) is 0 Å². The lowest BCUT2D eigenvalue weighted by Crippen LogP contribution is -2.48. The molecule has 2 aromatic rings. The number of aryl methyl sites for hydroxylation is 4. The molecule has 0 radical (unpaired) electrons. The Balaban J connectivity index is 1.78. The van der Waals surface area contributed by atoms with Crippen molar-refractivity contribution in [1.82, 2.24) is 4.31 Å². The molecule has 0 atom stereocenters. The van der Waals surface area contributed by atoms with E-state index in [-0.39, 0.29) is 0 Å². The lowest BCUT2D eigenvalue weighted by atomic mass is 10.1. The van der Waals surface area contributed by atoms with Crippen LogP contribution in [0.4, 0.5) is 5.69 Å². The molecule has 1 saturated heterocycles. The molecule has 0 aliphatic carbocycles. The highest BCUT2D eigenvalue weighted by molar-refractivity contribution is 9.10. The quantitative estimate of drug-likeness (QED) is 0.723. The van der Waals surface area contributed by atoms with E-state index in [4.69, 9.17) is 0 Å². The number of hydrogen-bond acceptors (Lipinski definition) is 3. The maximum absolute atomic E-state index is 13.1. The van der Waals surface area contributed by atoms with E-state index >= 15 is 0 Å². The second-order valence-corrected chi connectivity index (χ2v) is 9.79. The van der Waals surface area contributed by atoms with E-state index in [1.807, 2.05) is 19.9 Å². The molecule has 0 N–H and O–H groups in total. The van der Waals surface area contributed by atoms with Crippen molar-refractivity contribution in [2.24, 2.45) is 0 Å². The van der Waals surface area contributed by atoms with Gasteiger partial charge in [0.2, 0.25) is 10.0 Å². The molecule has 4 nitrogen and oxygen atoms in total. The molecule has 0 unspecified atom stereocenters. The summed E-state index contributed by atoms with van der Waals surface area (Å²) >= 11 is 3.43. The predicted octanol–water partition coefficient (Wildman–Crippen LogP) is 4.19. The first-order valence-corrected chi connectivity index (χ1v) is 11.0. The third kappa shape index (κ3) is 3.68. The van der Waals surface area contributed by atoms with Gasteiger partial charge in [-0.05, 0) is 90.1 Å². The van der Waals surface area contributed by atoms with Gasteiger partial charge in [0, 0.05) is 36.3 Å². The van der Waals surface area contributed by atoms with Gasteiger partial charge >= 0.3 is 0 Å². The Morgan fingerprint density at radius 3 is 2.00 bits per heavy atom. The summed E-state index contributed by atoms with van der Waals surface area (Å²) < 4.78 is 28.4. The van der Waals surface area contributed by atoms with Crippen molar-refractivity contribution in [3.63, 3.8) is 0 Å². The van der Waals surface area contributed by atoms with E-state index in [0.717, 1.165) is 16.8 Å². The van der Waals surface area contributed by atoms with Crippen LogP contribution in [-0.2, 0) is 10.0 Å². The zero-order valence-electron chi connectivity index (χ0n) is 15.7. The van der Waals surface area contributed by atoms with Crippen LogP contribution in [0.5, 0.6) is 0 Å². The first-order chi connectivity index (χ1) is 12.2. The third-order valence-corrected chi connectivity index (χ3v) is 8.12. The smallest absolute Gasteiger partial charge is 0.244 e. The molecular formula is C20H25BrN2O2S. The maximum Gasteiger partial charge on any atom is 0.244 e. The highest BCUT2D eigenvalue weighted by Crippen LogP contribution is 2.29. The van der Waals surface area contributed by atoms with Gasteiger partial charge in [-0.25, -0.2) is 8.42 Å². The summed E-state index contributed by atoms with van der Waals surface area (Å²) in [7, 11) is -3.49. The highest BCUT2D eigenvalue weighted by atomic mass is 79.9. The average molecular weight is 437 g/mol. The molecule has 140 valence electrons. The first-order valence-electron chi connectivity index (χ1n) is 8.79. The molecule has 0 spiro atoms. The van der Waals surface area contributed by atoms with Crippen LogP contribution in [0.3, 0.4) is 0 Å². The zero-order valence-corrected chi connectivity index (χ0v) is 18.1. The first kappa shape index (κ1) is 19.4. The van der Waals surface area contributed by atoms with Gasteiger partial charge in [0.15, 0.2) is 0 Å². The zero-order chi connectivity index (χ0) is 19.1. The van der Waals surface area contributed by atoms with Crippen LogP contribution in [-0.4, -0.2) is 38.9 Å². The highest BCUT2D eigenvalue weighted by Gasteiger charge is 2.30. The van der Waals surface area contributed by atoms with Crippen molar-refractivity contribution in [2.45, 2.75) is 32.6 Å². The topological polar surface area (TPSA) is 40.6 Å². The molecule has 0 saturated carbocycles. The van der Waals surface area contributed by atoms with Crippen molar-refractivity contribution >= 4 is 31.6 Å². The van der Waals surface area contributed by atoms with E-state index < -0.39 is 10.0 Å². The summed E-state index contributed by atoms with van der Waals surface area (Å²) in [6.07, 6.45) is 0. The van der Waals surface area contributed by atoms with Gasteiger partial charge in [0.25, 0.3) is 0 Å². The minimum Gasteiger partial charge on any atom is -0.369 e. The summed E-state index contributed by atoms with van der Waals surface area (Å²) in [5.41, 5.74) is 5.76. The van der Waals surface area contributed by atoms with Crippen molar-refractivity contribution < 1.29 is 8.42 Å². The fraction of sp³-hybridized carbons (Fsp3) is 0.400. The predicted molar refractivity (Wildman–Crippen MR) is 111 cm³/mol. The largest absolute Gasteiger partial charge is 0.369 e. The number of sulfonamides is 1. The molecule has 0 amide bonds. The molecule has 26 heavy (non-hydrogen) atoms. The molecular weight excluding hydrogens is 412 g/mol. The van der Waals surface area contributed by atoms with Crippen LogP contribution in [0, 0.1) is 27.7 Å². The number of hydrogen-bond donors (Lipinski definition) is 0. The molecule has 6 heteroatoms. The summed E-state index contributed by atoms with van der Waals surface area (Å²) in [6, 6.07) is 10.1. The van der Waals surface area contributed by atoms with Crippen molar-refractivity contribution in [2.75, 3.05) is 31.1 Å². The van der Waals surface area contributed by atoms with E-state index in [1.165, 1.54) is 11.1 Å². The van der Waals surface area contributed by atoms with Crippen LogP contribution in [0.1, 0.15) is 22.3 Å². The summed E-state index contributed by atoms with van der Waals surface area (Å²) in [6.45, 7) is 10.5. The Morgan fingerprint density at radius 1 is 0.808 bits per heavy atom. The van der Waals surface area contributed by atoms with E-state index in [1.54, 1.807) is 10.4 Å². The van der Waals surface area contributed by atoms with Gasteiger partial charge in [0.05, 0.1) is 4.90 Å². The van der Waals surface area contributed by atoms with Gasteiger partial charge < -0.3 is 4.90 Å². The summed E-state index contributed by atoms with van der Waals surface area (Å²) in [5, 5.41) is 0. The average Bonchev–Trinajstić information content (AvgIpc) is 2.60. The number of halogens is 1. The number of benzene rings is 2. The molecule has 1 fully saturated rings. The Morgan fingerprint density at radius 2 is 1.38 bits per heavy atom. The number of rotatable bonds is 3.